The molecule has 1 aliphatic heterocycles. The Morgan fingerprint density at radius 1 is 1.07 bits per heavy atom. The predicted octanol–water partition coefficient (Wildman–Crippen LogP) is 2.91. The summed E-state index contributed by atoms with van der Waals surface area (Å²) < 4.78 is 18.5. The van der Waals surface area contributed by atoms with Crippen molar-refractivity contribution in [2.24, 2.45) is 0 Å². The van der Waals surface area contributed by atoms with Crippen LogP contribution in [0.15, 0.2) is 54.1 Å². The van der Waals surface area contributed by atoms with Gasteiger partial charge in [-0.15, -0.1) is 0 Å². The average molecular weight is 420 g/mol. The Kier molecular flexibility index (Phi) is 6.64. The molecule has 0 spiro atoms. The van der Waals surface area contributed by atoms with Gasteiger partial charge in [0.05, 0.1) is 31.4 Å². The van der Waals surface area contributed by atoms with E-state index in [9.17, 15) is 19.1 Å². The van der Waals surface area contributed by atoms with E-state index >= 15 is 0 Å². The zero-order valence-corrected chi connectivity index (χ0v) is 16.1. The Bertz CT molecular complexity index is 927. The van der Waals surface area contributed by atoms with Crippen molar-refractivity contribution in [3.63, 3.8) is 0 Å². The second kappa shape index (κ2) is 9.17. The number of rotatable bonds is 7. The molecule has 1 saturated heterocycles. The number of amides is 1. The van der Waals surface area contributed by atoms with E-state index in [2.05, 4.69) is 0 Å². The third-order valence-electron chi connectivity index (χ3n) is 4.56. The Balaban J connectivity index is 2.05. The van der Waals surface area contributed by atoms with Gasteiger partial charge in [-0.1, -0.05) is 23.7 Å². The van der Waals surface area contributed by atoms with Crippen LogP contribution in [0.5, 0.6) is 0 Å². The third-order valence-corrected chi connectivity index (χ3v) is 4.81. The SMILES string of the molecule is O=C1C(=O)N(CCOCCO)C(c2ccc(Cl)cc2)/C1=C(\O)c1ccc(F)cc1. The number of likely N-dealkylation sites (tertiary alicyclic amines) is 1. The van der Waals surface area contributed by atoms with E-state index in [1.807, 2.05) is 0 Å². The summed E-state index contributed by atoms with van der Waals surface area (Å²) >= 11 is 5.95. The second-order valence-electron chi connectivity index (χ2n) is 6.39. The van der Waals surface area contributed by atoms with Gasteiger partial charge in [-0.05, 0) is 42.0 Å². The van der Waals surface area contributed by atoms with E-state index in [0.717, 1.165) is 12.1 Å². The molecule has 0 saturated carbocycles. The summed E-state index contributed by atoms with van der Waals surface area (Å²) in [4.78, 5) is 26.7. The van der Waals surface area contributed by atoms with Crippen LogP contribution in [-0.4, -0.2) is 53.2 Å². The number of aliphatic hydroxyl groups is 2. The van der Waals surface area contributed by atoms with Gasteiger partial charge in [-0.3, -0.25) is 9.59 Å². The van der Waals surface area contributed by atoms with E-state index < -0.39 is 23.5 Å². The first kappa shape index (κ1) is 21.0. The van der Waals surface area contributed by atoms with Gasteiger partial charge < -0.3 is 19.8 Å². The Hall–Kier alpha value is -2.74. The van der Waals surface area contributed by atoms with E-state index in [4.69, 9.17) is 21.4 Å². The molecule has 0 bridgehead atoms. The maximum absolute atomic E-state index is 13.2. The fraction of sp³-hybridized carbons (Fsp3) is 0.238. The minimum absolute atomic E-state index is 0.0814. The smallest absolute Gasteiger partial charge is 0.295 e. The molecule has 6 nitrogen and oxygen atoms in total. The fourth-order valence-corrected chi connectivity index (χ4v) is 3.32. The van der Waals surface area contributed by atoms with Crippen molar-refractivity contribution in [1.82, 2.24) is 4.90 Å². The molecule has 0 aromatic heterocycles. The summed E-state index contributed by atoms with van der Waals surface area (Å²) in [6, 6.07) is 10.7. The number of ether oxygens (including phenoxy) is 1. The highest BCUT2D eigenvalue weighted by molar-refractivity contribution is 6.46. The summed E-state index contributed by atoms with van der Waals surface area (Å²) in [5.74, 6) is -2.49. The molecule has 1 fully saturated rings. The van der Waals surface area contributed by atoms with E-state index in [1.165, 1.54) is 17.0 Å². The van der Waals surface area contributed by atoms with Crippen molar-refractivity contribution < 1.29 is 28.9 Å². The molecule has 3 rings (SSSR count). The Morgan fingerprint density at radius 2 is 1.72 bits per heavy atom. The van der Waals surface area contributed by atoms with Crippen LogP contribution in [0.2, 0.25) is 5.02 Å². The summed E-state index contributed by atoms with van der Waals surface area (Å²) in [6.45, 7) is 0.126. The molecule has 29 heavy (non-hydrogen) atoms. The van der Waals surface area contributed by atoms with Gasteiger partial charge in [0.25, 0.3) is 11.7 Å². The van der Waals surface area contributed by atoms with E-state index in [1.54, 1.807) is 24.3 Å². The molecule has 1 aliphatic rings. The van der Waals surface area contributed by atoms with Crippen LogP contribution < -0.4 is 0 Å². The quantitative estimate of drug-likeness (QED) is 0.312. The van der Waals surface area contributed by atoms with Gasteiger partial charge in [0.15, 0.2) is 0 Å². The van der Waals surface area contributed by atoms with Crippen molar-refractivity contribution in [3.05, 3.63) is 76.1 Å². The number of hydrogen-bond donors (Lipinski definition) is 2. The van der Waals surface area contributed by atoms with Crippen LogP contribution in [0.25, 0.3) is 5.76 Å². The summed E-state index contributed by atoms with van der Waals surface area (Å²) in [5, 5.41) is 20.1. The summed E-state index contributed by atoms with van der Waals surface area (Å²) in [5.41, 5.74) is 0.713. The van der Waals surface area contributed by atoms with Crippen LogP contribution in [0.4, 0.5) is 4.39 Å². The number of ketones is 1. The van der Waals surface area contributed by atoms with E-state index in [-0.39, 0.29) is 43.3 Å². The Morgan fingerprint density at radius 3 is 2.34 bits per heavy atom. The zero-order valence-electron chi connectivity index (χ0n) is 15.3. The molecule has 1 unspecified atom stereocenters. The van der Waals surface area contributed by atoms with Crippen LogP contribution in [0.3, 0.4) is 0 Å². The van der Waals surface area contributed by atoms with Crippen molar-refractivity contribution in [3.8, 4) is 0 Å². The normalized spacial score (nSPS) is 18.4. The van der Waals surface area contributed by atoms with Gasteiger partial charge in [-0.2, -0.15) is 0 Å². The fourth-order valence-electron chi connectivity index (χ4n) is 3.20. The molecular formula is C21H19ClFNO5. The molecular weight excluding hydrogens is 401 g/mol. The maximum atomic E-state index is 13.2. The van der Waals surface area contributed by atoms with Crippen molar-refractivity contribution in [1.29, 1.82) is 0 Å². The first-order valence-corrected chi connectivity index (χ1v) is 9.30. The number of nitrogens with zero attached hydrogens (tertiary/aromatic N) is 1. The predicted molar refractivity (Wildman–Crippen MR) is 105 cm³/mol. The molecule has 0 aliphatic carbocycles. The monoisotopic (exact) mass is 419 g/mol. The lowest BCUT2D eigenvalue weighted by molar-refractivity contribution is -0.140. The zero-order chi connectivity index (χ0) is 21.0. The molecule has 1 amide bonds. The van der Waals surface area contributed by atoms with Crippen molar-refractivity contribution in [2.45, 2.75) is 6.04 Å². The van der Waals surface area contributed by atoms with Crippen LogP contribution >= 0.6 is 11.6 Å². The first-order chi connectivity index (χ1) is 13.9. The molecule has 2 aromatic rings. The molecule has 1 atom stereocenters. The van der Waals surface area contributed by atoms with Gasteiger partial charge in [0.1, 0.15) is 11.6 Å². The Labute approximate surface area is 171 Å². The average Bonchev–Trinajstić information content (AvgIpc) is 2.96. The van der Waals surface area contributed by atoms with Gasteiger partial charge in [0.2, 0.25) is 0 Å². The number of benzene rings is 2. The lowest BCUT2D eigenvalue weighted by Gasteiger charge is -2.25. The molecule has 0 radical (unpaired) electrons. The number of halogens is 2. The van der Waals surface area contributed by atoms with E-state index in [0.29, 0.717) is 10.6 Å². The third kappa shape index (κ3) is 4.48. The second-order valence-corrected chi connectivity index (χ2v) is 6.82. The standard InChI is InChI=1S/C21H19ClFNO5/c22-15-5-1-13(2-6-15)18-17(19(26)14-3-7-16(23)8-4-14)20(27)21(28)24(18)9-11-29-12-10-25/h1-8,18,25-26H,9-12H2/b19-17+. The molecule has 2 N–H and O–H groups in total. The number of hydrogen-bond acceptors (Lipinski definition) is 5. The number of Topliss-reactive ketones (excluding diaryl/α,β-unsaturated/α-hetero) is 1. The summed E-state index contributed by atoms with van der Waals surface area (Å²) in [7, 11) is 0. The highest BCUT2D eigenvalue weighted by atomic mass is 35.5. The molecule has 152 valence electrons. The molecule has 1 heterocycles. The minimum Gasteiger partial charge on any atom is -0.507 e. The lowest BCUT2D eigenvalue weighted by atomic mass is 9.95. The number of aliphatic hydroxyl groups excluding tert-OH is 2. The van der Waals surface area contributed by atoms with Crippen molar-refractivity contribution in [2.75, 3.05) is 26.4 Å². The lowest BCUT2D eigenvalue weighted by Crippen LogP contribution is -2.33. The first-order valence-electron chi connectivity index (χ1n) is 8.92. The highest BCUT2D eigenvalue weighted by Crippen LogP contribution is 2.39. The highest BCUT2D eigenvalue weighted by Gasteiger charge is 2.45. The molecule has 2 aromatic carbocycles. The van der Waals surface area contributed by atoms with Gasteiger partial charge in [0, 0.05) is 17.1 Å². The summed E-state index contributed by atoms with van der Waals surface area (Å²) in [6.07, 6.45) is 0. The maximum Gasteiger partial charge on any atom is 0.295 e. The number of carbonyl (C=O) groups excluding carboxylic acids is 2. The van der Waals surface area contributed by atoms with Crippen LogP contribution in [0, 0.1) is 5.82 Å². The topological polar surface area (TPSA) is 87.1 Å². The van der Waals surface area contributed by atoms with Crippen LogP contribution in [-0.2, 0) is 14.3 Å². The largest absolute Gasteiger partial charge is 0.507 e. The molecule has 8 heteroatoms. The number of carbonyl (C=O) groups is 2. The van der Waals surface area contributed by atoms with Gasteiger partial charge >= 0.3 is 0 Å². The van der Waals surface area contributed by atoms with Gasteiger partial charge in [-0.25, -0.2) is 4.39 Å². The minimum atomic E-state index is -0.852. The van der Waals surface area contributed by atoms with Crippen molar-refractivity contribution >= 4 is 29.1 Å². The van der Waals surface area contributed by atoms with Crippen LogP contribution in [0.1, 0.15) is 17.2 Å².